The van der Waals surface area contributed by atoms with E-state index < -0.39 is 0 Å². The van der Waals surface area contributed by atoms with Crippen LogP contribution in [0.4, 0.5) is 16.2 Å². The maximum absolute atomic E-state index is 11.9. The molecule has 3 N–H and O–H groups in total. The Kier molecular flexibility index (Phi) is 6.83. The molecule has 2 aromatic rings. The third-order valence-electron chi connectivity index (χ3n) is 3.19. The van der Waals surface area contributed by atoms with E-state index in [-0.39, 0.29) is 24.4 Å². The quantitative estimate of drug-likeness (QED) is 0.719. The second-order valence-corrected chi connectivity index (χ2v) is 5.79. The van der Waals surface area contributed by atoms with E-state index in [1.54, 1.807) is 24.3 Å². The summed E-state index contributed by atoms with van der Waals surface area (Å²) in [5.41, 5.74) is 1.32. The van der Waals surface area contributed by atoms with Crippen LogP contribution in [0.2, 0.25) is 0 Å². The highest BCUT2D eigenvalue weighted by Crippen LogP contribution is 2.14. The van der Waals surface area contributed by atoms with Gasteiger partial charge in [-0.05, 0) is 50.2 Å². The SMILES string of the molecule is CC(C)NC(=O)Nc1ccc(NC(=O)CCOc2ccccc2)cc1. The van der Waals surface area contributed by atoms with Gasteiger partial charge >= 0.3 is 6.03 Å². The zero-order valence-corrected chi connectivity index (χ0v) is 14.4. The van der Waals surface area contributed by atoms with Gasteiger partial charge in [-0.3, -0.25) is 4.79 Å². The number of amides is 3. The van der Waals surface area contributed by atoms with Gasteiger partial charge in [0.2, 0.25) is 5.91 Å². The molecule has 0 aliphatic heterocycles. The average molecular weight is 341 g/mol. The van der Waals surface area contributed by atoms with E-state index in [0.717, 1.165) is 5.75 Å². The lowest BCUT2D eigenvalue weighted by Crippen LogP contribution is -2.34. The second-order valence-electron chi connectivity index (χ2n) is 5.79. The lowest BCUT2D eigenvalue weighted by Gasteiger charge is -2.11. The number of ether oxygens (including phenoxy) is 1. The Morgan fingerprint density at radius 2 is 1.52 bits per heavy atom. The smallest absolute Gasteiger partial charge is 0.319 e. The van der Waals surface area contributed by atoms with Crippen molar-refractivity contribution in [3.05, 3.63) is 54.6 Å². The van der Waals surface area contributed by atoms with E-state index in [0.29, 0.717) is 18.0 Å². The first-order valence-corrected chi connectivity index (χ1v) is 8.18. The van der Waals surface area contributed by atoms with Gasteiger partial charge in [-0.25, -0.2) is 4.79 Å². The molecule has 0 aromatic heterocycles. The Labute approximate surface area is 147 Å². The van der Waals surface area contributed by atoms with Gasteiger partial charge in [-0.1, -0.05) is 18.2 Å². The summed E-state index contributed by atoms with van der Waals surface area (Å²) in [6.07, 6.45) is 0.256. The third kappa shape index (κ3) is 6.95. The number of hydrogen-bond donors (Lipinski definition) is 3. The number of urea groups is 1. The topological polar surface area (TPSA) is 79.5 Å². The van der Waals surface area contributed by atoms with Crippen LogP contribution in [0.3, 0.4) is 0 Å². The summed E-state index contributed by atoms with van der Waals surface area (Å²) in [6, 6.07) is 16.1. The van der Waals surface area contributed by atoms with Crippen LogP contribution >= 0.6 is 0 Å². The van der Waals surface area contributed by atoms with E-state index >= 15 is 0 Å². The number of hydrogen-bond acceptors (Lipinski definition) is 3. The third-order valence-corrected chi connectivity index (χ3v) is 3.19. The molecule has 3 amide bonds. The molecule has 25 heavy (non-hydrogen) atoms. The normalized spacial score (nSPS) is 10.2. The number of nitrogens with one attached hydrogen (secondary N) is 3. The van der Waals surface area contributed by atoms with Crippen LogP contribution in [-0.2, 0) is 4.79 Å². The Hall–Kier alpha value is -3.02. The van der Waals surface area contributed by atoms with E-state index in [9.17, 15) is 9.59 Å². The summed E-state index contributed by atoms with van der Waals surface area (Å²) in [4.78, 5) is 23.5. The molecule has 0 fully saturated rings. The number of anilines is 2. The average Bonchev–Trinajstić information content (AvgIpc) is 2.57. The van der Waals surface area contributed by atoms with Crippen LogP contribution < -0.4 is 20.7 Å². The maximum atomic E-state index is 11.9. The molecule has 132 valence electrons. The minimum atomic E-state index is -0.259. The molecular weight excluding hydrogens is 318 g/mol. The zero-order chi connectivity index (χ0) is 18.1. The highest BCUT2D eigenvalue weighted by Gasteiger charge is 2.05. The van der Waals surface area contributed by atoms with Crippen molar-refractivity contribution in [3.8, 4) is 5.75 Å². The van der Waals surface area contributed by atoms with Crippen molar-refractivity contribution in [3.63, 3.8) is 0 Å². The lowest BCUT2D eigenvalue weighted by atomic mass is 10.2. The van der Waals surface area contributed by atoms with Gasteiger partial charge in [0.15, 0.2) is 0 Å². The first kappa shape index (κ1) is 18.3. The van der Waals surface area contributed by atoms with E-state index in [1.165, 1.54) is 0 Å². The van der Waals surface area contributed by atoms with Crippen molar-refractivity contribution < 1.29 is 14.3 Å². The fourth-order valence-electron chi connectivity index (χ4n) is 2.07. The molecule has 0 radical (unpaired) electrons. The summed E-state index contributed by atoms with van der Waals surface area (Å²) in [5, 5.41) is 8.26. The molecule has 0 unspecified atom stereocenters. The molecule has 0 saturated heterocycles. The number of carbonyl (C=O) groups excluding carboxylic acids is 2. The molecule has 0 atom stereocenters. The van der Waals surface area contributed by atoms with Crippen molar-refractivity contribution >= 4 is 23.3 Å². The molecule has 0 aliphatic rings. The Bertz CT molecular complexity index is 685. The van der Waals surface area contributed by atoms with Crippen molar-refractivity contribution in [1.29, 1.82) is 0 Å². The molecular formula is C19H23N3O3. The standard InChI is InChI=1S/C19H23N3O3/c1-14(2)20-19(24)22-16-10-8-15(9-11-16)21-18(23)12-13-25-17-6-4-3-5-7-17/h3-11,14H,12-13H2,1-2H3,(H,21,23)(H2,20,22,24). The Morgan fingerprint density at radius 3 is 2.12 bits per heavy atom. The van der Waals surface area contributed by atoms with Crippen molar-refractivity contribution in [2.75, 3.05) is 17.2 Å². The fraction of sp³-hybridized carbons (Fsp3) is 0.263. The summed E-state index contributed by atoms with van der Waals surface area (Å²) < 4.78 is 5.49. The van der Waals surface area contributed by atoms with Gasteiger partial charge in [-0.2, -0.15) is 0 Å². The maximum Gasteiger partial charge on any atom is 0.319 e. The number of rotatable bonds is 7. The van der Waals surface area contributed by atoms with Crippen LogP contribution in [0.15, 0.2) is 54.6 Å². The molecule has 2 aromatic carbocycles. The first-order valence-electron chi connectivity index (χ1n) is 8.18. The van der Waals surface area contributed by atoms with E-state index in [4.69, 9.17) is 4.74 Å². The Balaban J connectivity index is 1.74. The lowest BCUT2D eigenvalue weighted by molar-refractivity contribution is -0.116. The molecule has 0 bridgehead atoms. The van der Waals surface area contributed by atoms with Gasteiger partial charge in [0, 0.05) is 17.4 Å². The second kappa shape index (κ2) is 9.32. The predicted octanol–water partition coefficient (Wildman–Crippen LogP) is 3.62. The van der Waals surface area contributed by atoms with Crippen LogP contribution in [0, 0.1) is 0 Å². The van der Waals surface area contributed by atoms with Crippen LogP contribution in [0.1, 0.15) is 20.3 Å². The number of benzene rings is 2. The molecule has 6 heteroatoms. The summed E-state index contributed by atoms with van der Waals surface area (Å²) in [6.45, 7) is 4.09. The van der Waals surface area contributed by atoms with Crippen molar-refractivity contribution in [1.82, 2.24) is 5.32 Å². The van der Waals surface area contributed by atoms with E-state index in [2.05, 4.69) is 16.0 Å². The number of carbonyl (C=O) groups is 2. The monoisotopic (exact) mass is 341 g/mol. The van der Waals surface area contributed by atoms with E-state index in [1.807, 2.05) is 44.2 Å². The zero-order valence-electron chi connectivity index (χ0n) is 14.4. The van der Waals surface area contributed by atoms with Crippen molar-refractivity contribution in [2.24, 2.45) is 0 Å². The highest BCUT2D eigenvalue weighted by atomic mass is 16.5. The van der Waals surface area contributed by atoms with Crippen molar-refractivity contribution in [2.45, 2.75) is 26.3 Å². The molecule has 0 spiro atoms. The summed E-state index contributed by atoms with van der Waals surface area (Å²) >= 11 is 0. The van der Waals surface area contributed by atoms with Crippen LogP contribution in [0.25, 0.3) is 0 Å². The molecule has 0 saturated carbocycles. The predicted molar refractivity (Wildman–Crippen MR) is 98.9 cm³/mol. The highest BCUT2D eigenvalue weighted by molar-refractivity contribution is 5.92. The minimum absolute atomic E-state index is 0.0664. The van der Waals surface area contributed by atoms with Gasteiger partial charge in [0.1, 0.15) is 5.75 Å². The molecule has 6 nitrogen and oxygen atoms in total. The first-order chi connectivity index (χ1) is 12.0. The largest absolute Gasteiger partial charge is 0.493 e. The summed E-state index contributed by atoms with van der Waals surface area (Å²) in [5.74, 6) is 0.611. The Morgan fingerprint density at radius 1 is 0.920 bits per heavy atom. The van der Waals surface area contributed by atoms with Gasteiger partial charge in [0.25, 0.3) is 0 Å². The molecule has 0 heterocycles. The minimum Gasteiger partial charge on any atom is -0.493 e. The van der Waals surface area contributed by atoms with Gasteiger partial charge < -0.3 is 20.7 Å². The number of para-hydroxylation sites is 1. The molecule has 0 aliphatic carbocycles. The van der Waals surface area contributed by atoms with Gasteiger partial charge in [0.05, 0.1) is 13.0 Å². The van der Waals surface area contributed by atoms with Crippen LogP contribution in [0.5, 0.6) is 5.75 Å². The van der Waals surface area contributed by atoms with Crippen LogP contribution in [-0.4, -0.2) is 24.6 Å². The van der Waals surface area contributed by atoms with Gasteiger partial charge in [-0.15, -0.1) is 0 Å². The molecule has 2 rings (SSSR count). The fourth-order valence-corrected chi connectivity index (χ4v) is 2.07. The summed E-state index contributed by atoms with van der Waals surface area (Å²) in [7, 11) is 0.